The number of ketones is 1. The van der Waals surface area contributed by atoms with Gasteiger partial charge < -0.3 is 5.11 Å². The van der Waals surface area contributed by atoms with Crippen molar-refractivity contribution < 1.29 is 9.90 Å². The first-order chi connectivity index (χ1) is 5.37. The van der Waals surface area contributed by atoms with Crippen LogP contribution in [0.2, 0.25) is 0 Å². The molecule has 0 unspecified atom stereocenters. The van der Waals surface area contributed by atoms with E-state index in [4.69, 9.17) is 0 Å². The SMILES string of the molecule is CC(C)C(=O)[C@H](C)[C@H](O)C(C)C. The van der Waals surface area contributed by atoms with Crippen LogP contribution in [-0.4, -0.2) is 17.0 Å². The number of carbonyl (C=O) groups is 1. The van der Waals surface area contributed by atoms with Crippen molar-refractivity contribution >= 4 is 5.78 Å². The third-order valence-corrected chi connectivity index (χ3v) is 2.21. The van der Waals surface area contributed by atoms with Crippen LogP contribution in [0.25, 0.3) is 0 Å². The van der Waals surface area contributed by atoms with Gasteiger partial charge in [0.25, 0.3) is 0 Å². The number of aliphatic hydroxyl groups excluding tert-OH is 1. The Balaban J connectivity index is 4.19. The molecule has 12 heavy (non-hydrogen) atoms. The number of hydrogen-bond acceptors (Lipinski definition) is 2. The minimum absolute atomic E-state index is 0.0217. The van der Waals surface area contributed by atoms with Crippen molar-refractivity contribution in [3.8, 4) is 0 Å². The van der Waals surface area contributed by atoms with Crippen LogP contribution in [0.1, 0.15) is 34.6 Å². The van der Waals surface area contributed by atoms with Gasteiger partial charge in [0, 0.05) is 11.8 Å². The monoisotopic (exact) mass is 172 g/mol. The van der Waals surface area contributed by atoms with Crippen molar-refractivity contribution in [2.75, 3.05) is 0 Å². The number of hydrogen-bond donors (Lipinski definition) is 1. The topological polar surface area (TPSA) is 37.3 Å². The molecular weight excluding hydrogens is 152 g/mol. The normalized spacial score (nSPS) is 16.7. The first kappa shape index (κ1) is 11.6. The van der Waals surface area contributed by atoms with Crippen LogP contribution in [0.4, 0.5) is 0 Å². The highest BCUT2D eigenvalue weighted by atomic mass is 16.3. The van der Waals surface area contributed by atoms with E-state index in [0.29, 0.717) is 0 Å². The number of carbonyl (C=O) groups excluding carboxylic acids is 1. The molecule has 0 aliphatic carbocycles. The fraction of sp³-hybridized carbons (Fsp3) is 0.900. The fourth-order valence-electron chi connectivity index (χ4n) is 1.27. The van der Waals surface area contributed by atoms with E-state index in [1.54, 1.807) is 6.92 Å². The molecule has 0 fully saturated rings. The van der Waals surface area contributed by atoms with Crippen LogP contribution < -0.4 is 0 Å². The van der Waals surface area contributed by atoms with Gasteiger partial charge in [-0.05, 0) is 5.92 Å². The third-order valence-electron chi connectivity index (χ3n) is 2.21. The summed E-state index contributed by atoms with van der Waals surface area (Å²) >= 11 is 0. The molecule has 0 aromatic carbocycles. The van der Waals surface area contributed by atoms with Gasteiger partial charge in [-0.1, -0.05) is 34.6 Å². The summed E-state index contributed by atoms with van der Waals surface area (Å²) in [6.07, 6.45) is -0.500. The van der Waals surface area contributed by atoms with Gasteiger partial charge >= 0.3 is 0 Å². The summed E-state index contributed by atoms with van der Waals surface area (Å²) in [5.41, 5.74) is 0. The van der Waals surface area contributed by atoms with Gasteiger partial charge in [0.15, 0.2) is 0 Å². The Morgan fingerprint density at radius 3 is 1.75 bits per heavy atom. The maximum Gasteiger partial charge on any atom is 0.140 e. The van der Waals surface area contributed by atoms with Crippen LogP contribution in [0.5, 0.6) is 0 Å². The zero-order valence-corrected chi connectivity index (χ0v) is 8.66. The molecule has 0 aromatic rings. The maximum atomic E-state index is 11.4. The van der Waals surface area contributed by atoms with E-state index >= 15 is 0 Å². The molecule has 72 valence electrons. The zero-order valence-electron chi connectivity index (χ0n) is 8.66. The van der Waals surface area contributed by atoms with Gasteiger partial charge in [-0.15, -0.1) is 0 Å². The molecule has 1 N–H and O–H groups in total. The standard InChI is InChI=1S/C10H20O2/c1-6(2)9(11)8(5)10(12)7(3)4/h6-9,11H,1-5H3/t8-,9-/m1/s1. The van der Waals surface area contributed by atoms with Crippen LogP contribution in [-0.2, 0) is 4.79 Å². The lowest BCUT2D eigenvalue weighted by Crippen LogP contribution is -2.32. The van der Waals surface area contributed by atoms with Crippen molar-refractivity contribution in [1.82, 2.24) is 0 Å². The molecule has 0 saturated heterocycles. The smallest absolute Gasteiger partial charge is 0.140 e. The average Bonchev–Trinajstić information content (AvgIpc) is 2.00. The summed E-state index contributed by atoms with van der Waals surface area (Å²) in [7, 11) is 0. The lowest BCUT2D eigenvalue weighted by molar-refractivity contribution is -0.129. The Labute approximate surface area is 75.0 Å². The predicted octanol–water partition coefficient (Wildman–Crippen LogP) is 1.86. The molecule has 0 rings (SSSR count). The Bertz CT molecular complexity index is 150. The quantitative estimate of drug-likeness (QED) is 0.703. The Morgan fingerprint density at radius 2 is 1.50 bits per heavy atom. The summed E-state index contributed by atoms with van der Waals surface area (Å²) in [6.45, 7) is 9.38. The van der Waals surface area contributed by atoms with Crippen molar-refractivity contribution in [3.05, 3.63) is 0 Å². The van der Waals surface area contributed by atoms with Crippen LogP contribution in [0.3, 0.4) is 0 Å². The zero-order chi connectivity index (χ0) is 9.89. The molecule has 0 radical (unpaired) electrons. The van der Waals surface area contributed by atoms with Crippen molar-refractivity contribution in [3.63, 3.8) is 0 Å². The van der Waals surface area contributed by atoms with E-state index in [1.165, 1.54) is 0 Å². The average molecular weight is 172 g/mol. The lowest BCUT2D eigenvalue weighted by Gasteiger charge is -2.22. The minimum Gasteiger partial charge on any atom is -0.392 e. The van der Waals surface area contributed by atoms with Gasteiger partial charge in [-0.3, -0.25) is 4.79 Å². The lowest BCUT2D eigenvalue weighted by atomic mass is 9.87. The summed E-state index contributed by atoms with van der Waals surface area (Å²) < 4.78 is 0. The van der Waals surface area contributed by atoms with Gasteiger partial charge in [0.05, 0.1) is 6.10 Å². The third kappa shape index (κ3) is 2.94. The minimum atomic E-state index is -0.500. The summed E-state index contributed by atoms with van der Waals surface area (Å²) in [5.74, 6) is 0.0947. The molecule has 0 aliphatic heterocycles. The first-order valence-corrected chi connectivity index (χ1v) is 4.59. The van der Waals surface area contributed by atoms with Crippen molar-refractivity contribution in [1.29, 1.82) is 0 Å². The van der Waals surface area contributed by atoms with Crippen molar-refractivity contribution in [2.45, 2.75) is 40.7 Å². The summed E-state index contributed by atoms with van der Waals surface area (Å²) in [6, 6.07) is 0. The van der Waals surface area contributed by atoms with Gasteiger partial charge in [-0.2, -0.15) is 0 Å². The number of Topliss-reactive ketones (excluding diaryl/α,β-unsaturated/α-hetero) is 1. The highest BCUT2D eigenvalue weighted by Gasteiger charge is 2.25. The molecule has 0 bridgehead atoms. The van der Waals surface area contributed by atoms with E-state index in [1.807, 2.05) is 27.7 Å². The van der Waals surface area contributed by atoms with Crippen LogP contribution in [0, 0.1) is 17.8 Å². The molecule has 0 saturated carbocycles. The molecule has 0 heterocycles. The van der Waals surface area contributed by atoms with Crippen LogP contribution in [0.15, 0.2) is 0 Å². The molecule has 2 heteroatoms. The second-order valence-corrected chi connectivity index (χ2v) is 4.08. The Kier molecular flexibility index (Phi) is 4.46. The van der Waals surface area contributed by atoms with Gasteiger partial charge in [0.1, 0.15) is 5.78 Å². The summed E-state index contributed by atoms with van der Waals surface area (Å²) in [5, 5.41) is 9.59. The van der Waals surface area contributed by atoms with E-state index in [2.05, 4.69) is 0 Å². The van der Waals surface area contributed by atoms with E-state index in [9.17, 15) is 9.90 Å². The number of rotatable bonds is 4. The molecule has 0 spiro atoms. The molecule has 2 atom stereocenters. The largest absolute Gasteiger partial charge is 0.392 e. The van der Waals surface area contributed by atoms with Crippen LogP contribution >= 0.6 is 0 Å². The Hall–Kier alpha value is -0.370. The van der Waals surface area contributed by atoms with Crippen molar-refractivity contribution in [2.24, 2.45) is 17.8 Å². The second-order valence-electron chi connectivity index (χ2n) is 4.08. The van der Waals surface area contributed by atoms with E-state index in [0.717, 1.165) is 0 Å². The number of aliphatic hydroxyl groups is 1. The van der Waals surface area contributed by atoms with E-state index in [-0.39, 0.29) is 23.5 Å². The summed E-state index contributed by atoms with van der Waals surface area (Å²) in [4.78, 5) is 11.4. The molecule has 0 aromatic heterocycles. The first-order valence-electron chi connectivity index (χ1n) is 4.59. The fourth-order valence-corrected chi connectivity index (χ4v) is 1.27. The highest BCUT2D eigenvalue weighted by Crippen LogP contribution is 2.16. The molecule has 0 amide bonds. The van der Waals surface area contributed by atoms with Gasteiger partial charge in [0.2, 0.25) is 0 Å². The molecular formula is C10H20O2. The predicted molar refractivity (Wildman–Crippen MR) is 49.9 cm³/mol. The Morgan fingerprint density at radius 1 is 1.08 bits per heavy atom. The molecule has 0 aliphatic rings. The maximum absolute atomic E-state index is 11.4. The second kappa shape index (κ2) is 4.61. The highest BCUT2D eigenvalue weighted by molar-refractivity contribution is 5.82. The van der Waals surface area contributed by atoms with E-state index < -0.39 is 6.10 Å². The molecule has 2 nitrogen and oxygen atoms in total. The van der Waals surface area contributed by atoms with Gasteiger partial charge in [-0.25, -0.2) is 0 Å².